The van der Waals surface area contributed by atoms with Crippen LogP contribution in [0.3, 0.4) is 0 Å². The molecule has 2 aromatic carbocycles. The summed E-state index contributed by atoms with van der Waals surface area (Å²) in [7, 11) is 0. The first-order valence-corrected chi connectivity index (χ1v) is 10.4. The predicted molar refractivity (Wildman–Crippen MR) is 118 cm³/mol. The van der Waals surface area contributed by atoms with Crippen LogP contribution in [0.1, 0.15) is 54.5 Å². The van der Waals surface area contributed by atoms with E-state index in [4.69, 9.17) is 0 Å². The van der Waals surface area contributed by atoms with Crippen molar-refractivity contribution in [3.63, 3.8) is 0 Å². The van der Waals surface area contributed by atoms with Crippen molar-refractivity contribution in [2.45, 2.75) is 40.2 Å². The third kappa shape index (κ3) is 5.06. The van der Waals surface area contributed by atoms with E-state index in [0.717, 1.165) is 30.3 Å². The fourth-order valence-electron chi connectivity index (χ4n) is 3.31. The molecule has 158 valence electrons. The highest BCUT2D eigenvalue weighted by Crippen LogP contribution is 2.25. The minimum absolute atomic E-state index is 0.0960. The molecule has 3 rings (SSSR count). The number of amides is 2. The van der Waals surface area contributed by atoms with Gasteiger partial charge in [0.25, 0.3) is 11.8 Å². The molecule has 0 aliphatic heterocycles. The van der Waals surface area contributed by atoms with Crippen LogP contribution in [0.25, 0.3) is 10.9 Å². The molecule has 2 N–H and O–H groups in total. The number of hydrogen-bond acceptors (Lipinski definition) is 2. The zero-order valence-corrected chi connectivity index (χ0v) is 17.7. The number of nitrogens with zero attached hydrogens (tertiary/aromatic N) is 1. The van der Waals surface area contributed by atoms with E-state index in [1.165, 1.54) is 18.2 Å². The standard InChI is InChI=1S/C24H28FN3O2/c1-4-5-11-28-21-10-9-20(27-23(29)17-7-6-8-19(25)12-17)13-18(21)14-22(28)24(30)26-15-16(2)3/h6-10,12-14,16H,4-5,11,15H2,1-3H3,(H,26,30)(H,27,29). The Balaban J connectivity index is 1.89. The second-order valence-corrected chi connectivity index (χ2v) is 7.88. The van der Waals surface area contributed by atoms with Gasteiger partial charge in [0.1, 0.15) is 11.5 Å². The quantitative estimate of drug-likeness (QED) is 0.536. The molecule has 0 atom stereocenters. The first-order valence-electron chi connectivity index (χ1n) is 10.4. The van der Waals surface area contributed by atoms with E-state index in [1.807, 2.05) is 22.8 Å². The summed E-state index contributed by atoms with van der Waals surface area (Å²) in [5.41, 5.74) is 2.41. The number of aryl methyl sites for hydroxylation is 1. The summed E-state index contributed by atoms with van der Waals surface area (Å²) in [4.78, 5) is 25.2. The van der Waals surface area contributed by atoms with E-state index in [9.17, 15) is 14.0 Å². The van der Waals surface area contributed by atoms with Crippen molar-refractivity contribution < 1.29 is 14.0 Å². The summed E-state index contributed by atoms with van der Waals surface area (Å²) in [5.74, 6) is -0.564. The average Bonchev–Trinajstić information content (AvgIpc) is 3.08. The second-order valence-electron chi connectivity index (χ2n) is 7.88. The first-order chi connectivity index (χ1) is 14.4. The van der Waals surface area contributed by atoms with Crippen LogP contribution in [0, 0.1) is 11.7 Å². The first kappa shape index (κ1) is 21.6. The van der Waals surface area contributed by atoms with Gasteiger partial charge in [-0.3, -0.25) is 9.59 Å². The highest BCUT2D eigenvalue weighted by molar-refractivity contribution is 6.05. The zero-order valence-electron chi connectivity index (χ0n) is 17.7. The number of nitrogens with one attached hydrogen (secondary N) is 2. The lowest BCUT2D eigenvalue weighted by molar-refractivity contribution is 0.0939. The molecule has 0 unspecified atom stereocenters. The number of carbonyl (C=O) groups is 2. The van der Waals surface area contributed by atoms with Gasteiger partial charge in [-0.05, 0) is 54.8 Å². The van der Waals surface area contributed by atoms with Crippen molar-refractivity contribution in [2.24, 2.45) is 5.92 Å². The molecule has 0 saturated carbocycles. The maximum atomic E-state index is 13.4. The Bertz CT molecular complexity index is 1060. The van der Waals surface area contributed by atoms with Crippen molar-refractivity contribution >= 4 is 28.4 Å². The lowest BCUT2D eigenvalue weighted by Crippen LogP contribution is -2.29. The third-order valence-corrected chi connectivity index (χ3v) is 4.88. The van der Waals surface area contributed by atoms with E-state index < -0.39 is 5.82 Å². The Hall–Kier alpha value is -3.15. The highest BCUT2D eigenvalue weighted by Gasteiger charge is 2.16. The van der Waals surface area contributed by atoms with Crippen LogP contribution in [0.4, 0.5) is 10.1 Å². The smallest absolute Gasteiger partial charge is 0.267 e. The Labute approximate surface area is 176 Å². The minimum atomic E-state index is -0.455. The van der Waals surface area contributed by atoms with E-state index >= 15 is 0 Å². The molecule has 0 spiro atoms. The lowest BCUT2D eigenvalue weighted by Gasteiger charge is -2.12. The molecule has 1 aromatic heterocycles. The summed E-state index contributed by atoms with van der Waals surface area (Å²) in [5, 5.41) is 6.66. The monoisotopic (exact) mass is 409 g/mol. The number of hydrogen-bond donors (Lipinski definition) is 2. The van der Waals surface area contributed by atoms with Crippen LogP contribution in [-0.4, -0.2) is 22.9 Å². The number of fused-ring (bicyclic) bond motifs is 1. The van der Waals surface area contributed by atoms with Crippen molar-refractivity contribution in [2.75, 3.05) is 11.9 Å². The fraction of sp³-hybridized carbons (Fsp3) is 0.333. The topological polar surface area (TPSA) is 63.1 Å². The molecule has 1 heterocycles. The molecule has 3 aromatic rings. The van der Waals surface area contributed by atoms with Gasteiger partial charge in [-0.15, -0.1) is 0 Å². The van der Waals surface area contributed by atoms with Crippen LogP contribution in [0.15, 0.2) is 48.5 Å². The molecular formula is C24H28FN3O2. The number of unbranched alkanes of at least 4 members (excludes halogenated alkanes) is 1. The second kappa shape index (κ2) is 9.57. The largest absolute Gasteiger partial charge is 0.351 e. The molecule has 0 saturated heterocycles. The Morgan fingerprint density at radius 1 is 1.07 bits per heavy atom. The average molecular weight is 410 g/mol. The summed E-state index contributed by atoms with van der Waals surface area (Å²) in [6.45, 7) is 7.59. The molecule has 0 bridgehead atoms. The highest BCUT2D eigenvalue weighted by atomic mass is 19.1. The van der Waals surface area contributed by atoms with Crippen molar-refractivity contribution in [1.29, 1.82) is 0 Å². The molecule has 0 aliphatic carbocycles. The van der Waals surface area contributed by atoms with Gasteiger partial charge in [-0.25, -0.2) is 4.39 Å². The number of carbonyl (C=O) groups excluding carboxylic acids is 2. The van der Waals surface area contributed by atoms with Crippen LogP contribution in [0.5, 0.6) is 0 Å². The number of halogens is 1. The van der Waals surface area contributed by atoms with Crippen molar-refractivity contribution in [3.05, 3.63) is 65.6 Å². The van der Waals surface area contributed by atoms with Gasteiger partial charge in [0.15, 0.2) is 0 Å². The number of anilines is 1. The van der Waals surface area contributed by atoms with E-state index in [0.29, 0.717) is 23.8 Å². The molecule has 0 aliphatic rings. The molecule has 5 nitrogen and oxygen atoms in total. The lowest BCUT2D eigenvalue weighted by atomic mass is 10.2. The van der Waals surface area contributed by atoms with Gasteiger partial charge in [-0.2, -0.15) is 0 Å². The van der Waals surface area contributed by atoms with Crippen LogP contribution in [0.2, 0.25) is 0 Å². The maximum Gasteiger partial charge on any atom is 0.267 e. The maximum absolute atomic E-state index is 13.4. The SMILES string of the molecule is CCCCn1c(C(=O)NCC(C)C)cc2cc(NC(=O)c3cccc(F)c3)ccc21. The zero-order chi connectivity index (χ0) is 21.7. The van der Waals surface area contributed by atoms with Gasteiger partial charge in [0, 0.05) is 35.2 Å². The molecule has 30 heavy (non-hydrogen) atoms. The summed E-state index contributed by atoms with van der Waals surface area (Å²) in [6.07, 6.45) is 1.99. The molecular weight excluding hydrogens is 381 g/mol. The molecule has 0 radical (unpaired) electrons. The van der Waals surface area contributed by atoms with Crippen LogP contribution >= 0.6 is 0 Å². The van der Waals surface area contributed by atoms with Gasteiger partial charge in [-0.1, -0.05) is 33.3 Å². The molecule has 2 amide bonds. The third-order valence-electron chi connectivity index (χ3n) is 4.88. The molecule has 6 heteroatoms. The predicted octanol–water partition coefficient (Wildman–Crippen LogP) is 5.22. The van der Waals surface area contributed by atoms with Crippen LogP contribution < -0.4 is 10.6 Å². The summed E-state index contributed by atoms with van der Waals surface area (Å²) in [6, 6.07) is 13.0. The van der Waals surface area contributed by atoms with E-state index in [-0.39, 0.29) is 17.4 Å². The Kier molecular flexibility index (Phi) is 6.87. The molecule has 0 fully saturated rings. The van der Waals surface area contributed by atoms with Crippen LogP contribution in [-0.2, 0) is 6.54 Å². The van der Waals surface area contributed by atoms with Gasteiger partial charge in [0.05, 0.1) is 0 Å². The van der Waals surface area contributed by atoms with E-state index in [1.54, 1.807) is 12.1 Å². The van der Waals surface area contributed by atoms with Gasteiger partial charge >= 0.3 is 0 Å². The normalized spacial score (nSPS) is 11.1. The fourth-order valence-corrected chi connectivity index (χ4v) is 3.31. The van der Waals surface area contributed by atoms with Crippen molar-refractivity contribution in [3.8, 4) is 0 Å². The van der Waals surface area contributed by atoms with Crippen molar-refractivity contribution in [1.82, 2.24) is 9.88 Å². The Morgan fingerprint density at radius 2 is 1.87 bits per heavy atom. The Morgan fingerprint density at radius 3 is 2.57 bits per heavy atom. The van der Waals surface area contributed by atoms with Gasteiger partial charge < -0.3 is 15.2 Å². The van der Waals surface area contributed by atoms with Gasteiger partial charge in [0.2, 0.25) is 0 Å². The number of rotatable bonds is 8. The minimum Gasteiger partial charge on any atom is -0.351 e. The number of benzene rings is 2. The summed E-state index contributed by atoms with van der Waals surface area (Å²) >= 11 is 0. The van der Waals surface area contributed by atoms with E-state index in [2.05, 4.69) is 31.4 Å². The summed E-state index contributed by atoms with van der Waals surface area (Å²) < 4.78 is 15.4. The number of aromatic nitrogens is 1.